The number of thiophene rings is 1. The van der Waals surface area contributed by atoms with Gasteiger partial charge in [0.2, 0.25) is 0 Å². The molecule has 0 atom stereocenters. The molecule has 1 aromatic carbocycles. The molecule has 0 bridgehead atoms. The fourth-order valence-electron chi connectivity index (χ4n) is 1.80. The lowest BCUT2D eigenvalue weighted by atomic mass is 10.2. The Balaban J connectivity index is 1.76. The molecule has 0 fully saturated rings. The number of aliphatic imine (C=N–C) groups is 1. The normalized spacial score (nSPS) is 11.2. The predicted octanol–water partition coefficient (Wildman–Crippen LogP) is 4.97. The van der Waals surface area contributed by atoms with Crippen LogP contribution in [0.4, 0.5) is 0 Å². The largest absolute Gasteiger partial charge is 0.504 e. The molecular weight excluding hydrogens is 382 g/mol. The number of para-hydroxylation sites is 1. The maximum Gasteiger partial charge on any atom is 0.166 e. The first-order valence-corrected chi connectivity index (χ1v) is 9.73. The average Bonchev–Trinajstić information content (AvgIpc) is 2.92. The van der Waals surface area contributed by atoms with Crippen LogP contribution in [0.1, 0.15) is 17.4 Å². The lowest BCUT2D eigenvalue weighted by molar-refractivity contribution is 0.318. The summed E-state index contributed by atoms with van der Waals surface area (Å²) in [7, 11) is 0. The highest BCUT2D eigenvalue weighted by atomic mass is 79.9. The summed E-state index contributed by atoms with van der Waals surface area (Å²) in [5.74, 6) is 2.63. The van der Waals surface area contributed by atoms with Crippen LogP contribution in [-0.2, 0) is 5.75 Å². The van der Waals surface area contributed by atoms with Gasteiger partial charge in [0.05, 0.1) is 10.4 Å². The van der Waals surface area contributed by atoms with E-state index in [9.17, 15) is 5.11 Å². The summed E-state index contributed by atoms with van der Waals surface area (Å²) in [6, 6.07) is 9.66. The zero-order valence-corrected chi connectivity index (χ0v) is 15.5. The molecule has 0 spiro atoms. The minimum absolute atomic E-state index is 0.157. The minimum atomic E-state index is 0.157. The Morgan fingerprint density at radius 3 is 2.95 bits per heavy atom. The third-order valence-corrected chi connectivity index (χ3v) is 5.59. The van der Waals surface area contributed by atoms with E-state index in [1.165, 1.54) is 8.66 Å². The Bertz CT molecular complexity index is 628. The third kappa shape index (κ3) is 5.34. The Morgan fingerprint density at radius 2 is 2.23 bits per heavy atom. The van der Waals surface area contributed by atoms with Gasteiger partial charge in [0.25, 0.3) is 0 Å². The van der Waals surface area contributed by atoms with Gasteiger partial charge >= 0.3 is 0 Å². The van der Waals surface area contributed by atoms with Crippen molar-refractivity contribution in [3.63, 3.8) is 0 Å². The van der Waals surface area contributed by atoms with Crippen molar-refractivity contribution < 1.29 is 9.84 Å². The first-order valence-electron chi connectivity index (χ1n) is 6.97. The standard InChI is InChI=1S/C16H18BrNO2S2/c1-2-20-14-5-3-4-12(16(14)19)10-18-8-9-21-11-13-6-7-15(17)22-13/h3-7,10,19H,2,8-9,11H2,1H3. The van der Waals surface area contributed by atoms with Gasteiger partial charge in [-0.1, -0.05) is 6.07 Å². The van der Waals surface area contributed by atoms with Gasteiger partial charge in [-0.15, -0.1) is 11.3 Å². The second-order valence-electron chi connectivity index (χ2n) is 4.42. The maximum atomic E-state index is 10.0. The van der Waals surface area contributed by atoms with E-state index < -0.39 is 0 Å². The number of hydrogen-bond donors (Lipinski definition) is 1. The summed E-state index contributed by atoms with van der Waals surface area (Å²) in [6.07, 6.45) is 1.71. The van der Waals surface area contributed by atoms with Crippen LogP contribution >= 0.6 is 39.0 Å². The molecule has 0 saturated heterocycles. The highest BCUT2D eigenvalue weighted by Gasteiger charge is 2.05. The van der Waals surface area contributed by atoms with Crippen molar-refractivity contribution in [3.8, 4) is 11.5 Å². The number of hydrogen-bond acceptors (Lipinski definition) is 5. The third-order valence-electron chi connectivity index (χ3n) is 2.80. The number of phenols is 1. The maximum absolute atomic E-state index is 10.0. The Morgan fingerprint density at radius 1 is 1.36 bits per heavy atom. The monoisotopic (exact) mass is 399 g/mol. The van der Waals surface area contributed by atoms with Gasteiger partial charge in [-0.3, -0.25) is 4.99 Å². The number of halogens is 1. The molecule has 0 amide bonds. The van der Waals surface area contributed by atoms with Gasteiger partial charge in [0, 0.05) is 34.7 Å². The fourth-order valence-corrected chi connectivity index (χ4v) is 4.24. The molecule has 0 aliphatic heterocycles. The summed E-state index contributed by atoms with van der Waals surface area (Å²) in [6.45, 7) is 3.16. The zero-order chi connectivity index (χ0) is 15.8. The van der Waals surface area contributed by atoms with Crippen molar-refractivity contribution in [3.05, 3.63) is 44.6 Å². The van der Waals surface area contributed by atoms with Gasteiger partial charge in [0.1, 0.15) is 0 Å². The highest BCUT2D eigenvalue weighted by Crippen LogP contribution is 2.28. The van der Waals surface area contributed by atoms with Gasteiger partial charge in [-0.25, -0.2) is 0 Å². The van der Waals surface area contributed by atoms with Crippen LogP contribution in [0.15, 0.2) is 39.1 Å². The second kappa shape index (κ2) is 9.22. The number of rotatable bonds is 8. The van der Waals surface area contributed by atoms with E-state index in [0.717, 1.165) is 18.1 Å². The molecule has 22 heavy (non-hydrogen) atoms. The molecule has 3 nitrogen and oxygen atoms in total. The van der Waals surface area contributed by atoms with Crippen molar-refractivity contribution in [2.75, 3.05) is 18.9 Å². The number of thioether (sulfide) groups is 1. The van der Waals surface area contributed by atoms with Crippen LogP contribution in [0, 0.1) is 0 Å². The Labute approximate surface area is 147 Å². The topological polar surface area (TPSA) is 41.8 Å². The molecule has 0 aliphatic carbocycles. The first-order chi connectivity index (χ1) is 10.7. The van der Waals surface area contributed by atoms with Gasteiger partial charge < -0.3 is 9.84 Å². The van der Waals surface area contributed by atoms with Gasteiger partial charge in [-0.05, 0) is 47.1 Å². The summed E-state index contributed by atoms with van der Waals surface area (Å²) >= 11 is 7.09. The molecule has 2 rings (SSSR count). The fraction of sp³-hybridized carbons (Fsp3) is 0.312. The van der Waals surface area contributed by atoms with Crippen molar-refractivity contribution in [2.45, 2.75) is 12.7 Å². The van der Waals surface area contributed by atoms with Crippen LogP contribution in [0.2, 0.25) is 0 Å². The summed E-state index contributed by atoms with van der Waals surface area (Å²) in [5, 5.41) is 10.0. The first kappa shape index (κ1) is 17.4. The molecule has 0 radical (unpaired) electrons. The molecule has 0 saturated carbocycles. The quantitative estimate of drug-likeness (QED) is 0.503. The van der Waals surface area contributed by atoms with Gasteiger partial charge in [0.15, 0.2) is 11.5 Å². The van der Waals surface area contributed by atoms with Crippen LogP contribution in [0.25, 0.3) is 0 Å². The molecule has 1 N–H and O–H groups in total. The van der Waals surface area contributed by atoms with E-state index in [1.54, 1.807) is 23.6 Å². The smallest absolute Gasteiger partial charge is 0.166 e. The molecule has 118 valence electrons. The van der Waals surface area contributed by atoms with E-state index in [-0.39, 0.29) is 5.75 Å². The second-order valence-corrected chi connectivity index (χ2v) is 8.07. The summed E-state index contributed by atoms with van der Waals surface area (Å²) in [4.78, 5) is 5.74. The molecule has 2 aromatic rings. The Kier molecular flexibility index (Phi) is 7.29. The lowest BCUT2D eigenvalue weighted by Gasteiger charge is -2.07. The van der Waals surface area contributed by atoms with Crippen LogP contribution in [0.3, 0.4) is 0 Å². The number of aromatic hydroxyl groups is 1. The van der Waals surface area contributed by atoms with Crippen molar-refractivity contribution in [1.82, 2.24) is 0 Å². The van der Waals surface area contributed by atoms with E-state index in [0.29, 0.717) is 17.9 Å². The lowest BCUT2D eigenvalue weighted by Crippen LogP contribution is -1.94. The molecular formula is C16H18BrNO2S2. The number of ether oxygens (including phenoxy) is 1. The van der Waals surface area contributed by atoms with E-state index in [4.69, 9.17) is 4.74 Å². The van der Waals surface area contributed by atoms with Crippen molar-refractivity contribution >= 4 is 45.2 Å². The van der Waals surface area contributed by atoms with Crippen molar-refractivity contribution in [2.24, 2.45) is 4.99 Å². The van der Waals surface area contributed by atoms with Crippen LogP contribution < -0.4 is 4.74 Å². The van der Waals surface area contributed by atoms with E-state index >= 15 is 0 Å². The highest BCUT2D eigenvalue weighted by molar-refractivity contribution is 9.11. The van der Waals surface area contributed by atoms with Crippen molar-refractivity contribution in [1.29, 1.82) is 0 Å². The summed E-state index contributed by atoms with van der Waals surface area (Å²) in [5.41, 5.74) is 0.693. The SMILES string of the molecule is CCOc1cccc(C=NCCSCc2ccc(Br)s2)c1O. The Hall–Kier alpha value is -0.980. The van der Waals surface area contributed by atoms with Crippen LogP contribution in [-0.4, -0.2) is 30.2 Å². The number of phenolic OH excluding ortho intramolecular Hbond substituents is 1. The minimum Gasteiger partial charge on any atom is -0.504 e. The average molecular weight is 400 g/mol. The zero-order valence-electron chi connectivity index (χ0n) is 12.3. The van der Waals surface area contributed by atoms with E-state index in [1.807, 2.05) is 30.8 Å². The van der Waals surface area contributed by atoms with Gasteiger partial charge in [-0.2, -0.15) is 11.8 Å². The molecule has 6 heteroatoms. The van der Waals surface area contributed by atoms with Crippen LogP contribution in [0.5, 0.6) is 11.5 Å². The molecule has 1 aromatic heterocycles. The predicted molar refractivity (Wildman–Crippen MR) is 99.9 cm³/mol. The summed E-state index contributed by atoms with van der Waals surface area (Å²) < 4.78 is 6.53. The molecule has 1 heterocycles. The molecule has 0 aliphatic rings. The number of benzene rings is 1. The van der Waals surface area contributed by atoms with E-state index in [2.05, 4.69) is 33.1 Å². The number of nitrogens with zero attached hydrogens (tertiary/aromatic N) is 1. The molecule has 0 unspecified atom stereocenters.